The first-order valence-corrected chi connectivity index (χ1v) is 10.3. The summed E-state index contributed by atoms with van der Waals surface area (Å²) in [7, 11) is 0. The number of hydrogen-bond donors (Lipinski definition) is 2. The van der Waals surface area contributed by atoms with Crippen LogP contribution < -0.4 is 10.6 Å². The van der Waals surface area contributed by atoms with Gasteiger partial charge in [-0.15, -0.1) is 10.2 Å². The van der Waals surface area contributed by atoms with Gasteiger partial charge in [0.1, 0.15) is 5.01 Å². The van der Waals surface area contributed by atoms with Crippen molar-refractivity contribution < 1.29 is 9.59 Å². The van der Waals surface area contributed by atoms with E-state index in [-0.39, 0.29) is 24.7 Å². The number of nitrogens with one attached hydrogen (secondary N) is 2. The van der Waals surface area contributed by atoms with Crippen molar-refractivity contribution in [3.05, 3.63) is 34.3 Å². The molecule has 6 nitrogen and oxygen atoms in total. The van der Waals surface area contributed by atoms with Crippen molar-refractivity contribution >= 4 is 34.0 Å². The monoisotopic (exact) mass is 386 g/mol. The van der Waals surface area contributed by atoms with Gasteiger partial charge in [-0.25, -0.2) is 0 Å². The highest BCUT2D eigenvalue weighted by Crippen LogP contribution is 2.35. The zero-order valence-corrected chi connectivity index (χ0v) is 16.7. The van der Waals surface area contributed by atoms with Gasteiger partial charge in [-0.2, -0.15) is 0 Å². The zero-order chi connectivity index (χ0) is 19.2. The lowest BCUT2D eigenvalue weighted by Crippen LogP contribution is -2.17. The van der Waals surface area contributed by atoms with Gasteiger partial charge in [0.25, 0.3) is 0 Å². The number of benzene rings is 1. The summed E-state index contributed by atoms with van der Waals surface area (Å²) in [5.74, 6) is 0.0951. The molecule has 1 saturated carbocycles. The standard InChI is InChI=1S/C20H26N4O2S/c1-13-10-14(2)12-16(11-13)21-17(25)8-9-18(26)22-20-24-23-19(27-20)15-6-4-3-5-7-15/h10-12,15H,3-9H2,1-2H3,(H,21,25)(H,22,24,26). The summed E-state index contributed by atoms with van der Waals surface area (Å²) in [5.41, 5.74) is 2.94. The van der Waals surface area contributed by atoms with Crippen LogP contribution in [0.4, 0.5) is 10.8 Å². The first-order valence-electron chi connectivity index (χ1n) is 9.51. The molecule has 2 aromatic rings. The minimum Gasteiger partial charge on any atom is -0.326 e. The Balaban J connectivity index is 1.45. The van der Waals surface area contributed by atoms with Crippen molar-refractivity contribution in [2.24, 2.45) is 0 Å². The molecular weight excluding hydrogens is 360 g/mol. The molecule has 144 valence electrons. The SMILES string of the molecule is Cc1cc(C)cc(NC(=O)CCC(=O)Nc2nnc(C3CCCCC3)s2)c1. The van der Waals surface area contributed by atoms with Crippen molar-refractivity contribution in [2.45, 2.75) is 64.7 Å². The molecule has 3 rings (SSSR count). The minimum absolute atomic E-state index is 0.120. The van der Waals surface area contributed by atoms with Gasteiger partial charge in [-0.3, -0.25) is 9.59 Å². The number of hydrogen-bond acceptors (Lipinski definition) is 5. The summed E-state index contributed by atoms with van der Waals surface area (Å²) in [6, 6.07) is 5.88. The minimum atomic E-state index is -0.211. The Morgan fingerprint density at radius 1 is 0.963 bits per heavy atom. The summed E-state index contributed by atoms with van der Waals surface area (Å²) in [4.78, 5) is 24.2. The van der Waals surface area contributed by atoms with E-state index >= 15 is 0 Å². The number of anilines is 2. The maximum Gasteiger partial charge on any atom is 0.226 e. The number of aryl methyl sites for hydroxylation is 2. The largest absolute Gasteiger partial charge is 0.326 e. The molecule has 0 spiro atoms. The Bertz CT molecular complexity index is 792. The van der Waals surface area contributed by atoms with Crippen LogP contribution >= 0.6 is 11.3 Å². The van der Waals surface area contributed by atoms with E-state index in [9.17, 15) is 9.59 Å². The smallest absolute Gasteiger partial charge is 0.226 e. The number of carbonyl (C=O) groups excluding carboxylic acids is 2. The van der Waals surface area contributed by atoms with Crippen LogP contribution in [0, 0.1) is 13.8 Å². The fraction of sp³-hybridized carbons (Fsp3) is 0.500. The normalized spacial score (nSPS) is 14.7. The van der Waals surface area contributed by atoms with E-state index in [1.807, 2.05) is 32.0 Å². The van der Waals surface area contributed by atoms with Gasteiger partial charge in [0, 0.05) is 24.4 Å². The van der Waals surface area contributed by atoms with Crippen LogP contribution in [0.1, 0.15) is 67.0 Å². The van der Waals surface area contributed by atoms with Crippen molar-refractivity contribution in [1.82, 2.24) is 10.2 Å². The summed E-state index contributed by atoms with van der Waals surface area (Å²) in [6.45, 7) is 3.97. The van der Waals surface area contributed by atoms with Crippen molar-refractivity contribution in [3.8, 4) is 0 Å². The molecular formula is C20H26N4O2S. The van der Waals surface area contributed by atoms with E-state index < -0.39 is 0 Å². The van der Waals surface area contributed by atoms with Crippen LogP contribution in [-0.2, 0) is 9.59 Å². The molecule has 0 unspecified atom stereocenters. The molecule has 0 saturated heterocycles. The van der Waals surface area contributed by atoms with Crippen LogP contribution in [-0.4, -0.2) is 22.0 Å². The molecule has 1 aromatic carbocycles. The fourth-order valence-electron chi connectivity index (χ4n) is 3.48. The lowest BCUT2D eigenvalue weighted by Gasteiger charge is -2.18. The molecule has 2 amide bonds. The topological polar surface area (TPSA) is 84.0 Å². The maximum atomic E-state index is 12.1. The quantitative estimate of drug-likeness (QED) is 0.762. The Morgan fingerprint density at radius 2 is 1.59 bits per heavy atom. The van der Waals surface area contributed by atoms with Gasteiger partial charge >= 0.3 is 0 Å². The van der Waals surface area contributed by atoms with Gasteiger partial charge in [-0.05, 0) is 49.9 Å². The third kappa shape index (κ3) is 5.85. The molecule has 0 bridgehead atoms. The van der Waals surface area contributed by atoms with E-state index in [1.54, 1.807) is 0 Å². The third-order valence-electron chi connectivity index (χ3n) is 4.73. The Kier molecular flexibility index (Phi) is 6.55. The molecule has 1 heterocycles. The maximum absolute atomic E-state index is 12.1. The van der Waals surface area contributed by atoms with E-state index in [2.05, 4.69) is 20.8 Å². The first kappa shape index (κ1) is 19.5. The predicted molar refractivity (Wildman–Crippen MR) is 108 cm³/mol. The van der Waals surface area contributed by atoms with Crippen LogP contribution in [0.2, 0.25) is 0 Å². The molecule has 0 radical (unpaired) electrons. The molecule has 0 aliphatic heterocycles. The van der Waals surface area contributed by atoms with Crippen LogP contribution in [0.15, 0.2) is 18.2 Å². The number of nitrogens with zero attached hydrogens (tertiary/aromatic N) is 2. The van der Waals surface area contributed by atoms with Gasteiger partial charge in [0.15, 0.2) is 0 Å². The average Bonchev–Trinajstić information content (AvgIpc) is 3.08. The fourth-order valence-corrected chi connectivity index (χ4v) is 4.41. The molecule has 1 aromatic heterocycles. The van der Waals surface area contributed by atoms with Gasteiger partial charge in [0.2, 0.25) is 16.9 Å². The summed E-state index contributed by atoms with van der Waals surface area (Å²) in [5, 5.41) is 15.5. The number of aromatic nitrogens is 2. The number of amides is 2. The predicted octanol–water partition coefficient (Wildman–Crippen LogP) is 4.56. The van der Waals surface area contributed by atoms with E-state index in [4.69, 9.17) is 0 Å². The first-order chi connectivity index (χ1) is 13.0. The van der Waals surface area contributed by atoms with Gasteiger partial charge in [0.05, 0.1) is 0 Å². The molecule has 2 N–H and O–H groups in total. The van der Waals surface area contributed by atoms with Crippen molar-refractivity contribution in [3.63, 3.8) is 0 Å². The number of rotatable bonds is 6. The lowest BCUT2D eigenvalue weighted by molar-refractivity contribution is -0.121. The second kappa shape index (κ2) is 9.08. The molecule has 1 aliphatic carbocycles. The zero-order valence-electron chi connectivity index (χ0n) is 15.9. The highest BCUT2D eigenvalue weighted by atomic mass is 32.1. The van der Waals surface area contributed by atoms with Gasteiger partial charge < -0.3 is 10.6 Å². The molecule has 27 heavy (non-hydrogen) atoms. The summed E-state index contributed by atoms with van der Waals surface area (Å²) >= 11 is 1.45. The van der Waals surface area contributed by atoms with Crippen LogP contribution in [0.25, 0.3) is 0 Å². The summed E-state index contributed by atoms with van der Waals surface area (Å²) in [6.07, 6.45) is 6.33. The van der Waals surface area contributed by atoms with E-state index in [0.29, 0.717) is 11.0 Å². The summed E-state index contributed by atoms with van der Waals surface area (Å²) < 4.78 is 0. The number of carbonyl (C=O) groups is 2. The van der Waals surface area contributed by atoms with E-state index in [1.165, 1.54) is 30.6 Å². The third-order valence-corrected chi connectivity index (χ3v) is 5.73. The molecule has 1 aliphatic rings. The second-order valence-corrected chi connectivity index (χ2v) is 8.26. The molecule has 1 fully saturated rings. The van der Waals surface area contributed by atoms with Crippen molar-refractivity contribution in [2.75, 3.05) is 10.6 Å². The Morgan fingerprint density at radius 3 is 2.26 bits per heavy atom. The highest BCUT2D eigenvalue weighted by Gasteiger charge is 2.20. The highest BCUT2D eigenvalue weighted by molar-refractivity contribution is 7.15. The average molecular weight is 387 g/mol. The van der Waals surface area contributed by atoms with Gasteiger partial charge in [-0.1, -0.05) is 36.7 Å². The van der Waals surface area contributed by atoms with Crippen LogP contribution in [0.5, 0.6) is 0 Å². The molecule has 0 atom stereocenters. The Labute approximate surface area is 163 Å². The van der Waals surface area contributed by atoms with E-state index in [0.717, 1.165) is 34.7 Å². The second-order valence-electron chi connectivity index (χ2n) is 7.25. The van der Waals surface area contributed by atoms with Crippen LogP contribution in [0.3, 0.4) is 0 Å². The Hall–Kier alpha value is -2.28. The lowest BCUT2D eigenvalue weighted by atomic mass is 9.90. The molecule has 7 heteroatoms. The van der Waals surface area contributed by atoms with Crippen molar-refractivity contribution in [1.29, 1.82) is 0 Å².